The molecule has 0 bridgehead atoms. The number of nitrogens with one attached hydrogen (secondary N) is 1. The van der Waals surface area contributed by atoms with E-state index >= 15 is 0 Å². The lowest BCUT2D eigenvalue weighted by molar-refractivity contribution is -0.110. The number of methoxy groups -OCH3 is 1. The molecule has 20 heavy (non-hydrogen) atoms. The molecule has 1 N–H and O–H groups in total. The van der Waals surface area contributed by atoms with Gasteiger partial charge in [0.05, 0.1) is 5.60 Å². The Morgan fingerprint density at radius 2 is 2.05 bits per heavy atom. The van der Waals surface area contributed by atoms with Gasteiger partial charge in [0, 0.05) is 43.7 Å². The number of hydrogen-bond donors (Lipinski definition) is 1. The van der Waals surface area contributed by atoms with Gasteiger partial charge in [-0.1, -0.05) is 41.1 Å². The zero-order valence-electron chi connectivity index (χ0n) is 12.3. The first-order valence-electron chi connectivity index (χ1n) is 7.31. The van der Waals surface area contributed by atoms with Crippen molar-refractivity contribution in [3.8, 4) is 0 Å². The van der Waals surface area contributed by atoms with Crippen LogP contribution in [-0.2, 0) is 15.9 Å². The molecular weight excluding hydrogens is 318 g/mol. The minimum Gasteiger partial charge on any atom is -0.381 e. The van der Waals surface area contributed by atoms with Crippen molar-refractivity contribution in [1.29, 1.82) is 0 Å². The molecule has 1 saturated heterocycles. The molecule has 1 aromatic rings. The molecule has 0 amide bonds. The van der Waals surface area contributed by atoms with E-state index in [2.05, 4.69) is 52.4 Å². The van der Waals surface area contributed by atoms with Gasteiger partial charge in [-0.05, 0) is 24.6 Å². The van der Waals surface area contributed by atoms with E-state index in [1.165, 1.54) is 10.0 Å². The summed E-state index contributed by atoms with van der Waals surface area (Å²) in [5, 5.41) is 3.62. The molecule has 1 heterocycles. The third-order valence-electron chi connectivity index (χ3n) is 4.21. The highest BCUT2D eigenvalue weighted by Gasteiger charge is 2.40. The lowest BCUT2D eigenvalue weighted by Gasteiger charge is -2.43. The predicted molar refractivity (Wildman–Crippen MR) is 85.1 cm³/mol. The van der Waals surface area contributed by atoms with E-state index in [4.69, 9.17) is 9.47 Å². The van der Waals surface area contributed by atoms with Gasteiger partial charge in [-0.3, -0.25) is 0 Å². The molecule has 1 atom stereocenters. The van der Waals surface area contributed by atoms with E-state index in [0.717, 1.165) is 39.0 Å². The average Bonchev–Trinajstić information content (AvgIpc) is 2.49. The fourth-order valence-electron chi connectivity index (χ4n) is 2.99. The van der Waals surface area contributed by atoms with Crippen LogP contribution in [0.25, 0.3) is 0 Å². The summed E-state index contributed by atoms with van der Waals surface area (Å²) in [5.74, 6) is 0. The summed E-state index contributed by atoms with van der Waals surface area (Å²) in [6.45, 7) is 4.66. The Balaban J connectivity index is 2.19. The summed E-state index contributed by atoms with van der Waals surface area (Å²) in [5.41, 5.74) is 1.20. The van der Waals surface area contributed by atoms with Crippen LogP contribution in [0.5, 0.6) is 0 Å². The quantitative estimate of drug-likeness (QED) is 0.861. The van der Waals surface area contributed by atoms with Gasteiger partial charge in [-0.25, -0.2) is 0 Å². The largest absolute Gasteiger partial charge is 0.381 e. The van der Waals surface area contributed by atoms with Crippen molar-refractivity contribution in [1.82, 2.24) is 5.32 Å². The van der Waals surface area contributed by atoms with Crippen LogP contribution >= 0.6 is 15.9 Å². The molecule has 1 aliphatic rings. The van der Waals surface area contributed by atoms with Crippen LogP contribution in [0.4, 0.5) is 0 Å². The number of likely N-dealkylation sites (N-methyl/N-ethyl adjacent to an activating group) is 1. The fraction of sp³-hybridized carbons (Fsp3) is 0.625. The van der Waals surface area contributed by atoms with Crippen molar-refractivity contribution in [3.63, 3.8) is 0 Å². The average molecular weight is 342 g/mol. The maximum atomic E-state index is 5.95. The fourth-order valence-corrected chi connectivity index (χ4v) is 3.43. The molecule has 1 aliphatic heterocycles. The standard InChI is InChI=1S/C16H24BrNO2/c1-3-18-15(12-13-6-4-5-7-14(13)17)16(19-2)8-10-20-11-9-16/h4-7,15,18H,3,8-12H2,1-2H3. The van der Waals surface area contributed by atoms with Crippen LogP contribution in [0.3, 0.4) is 0 Å². The van der Waals surface area contributed by atoms with Gasteiger partial charge in [-0.2, -0.15) is 0 Å². The second kappa shape index (κ2) is 7.55. The maximum absolute atomic E-state index is 5.95. The van der Waals surface area contributed by atoms with Crippen LogP contribution in [0.15, 0.2) is 28.7 Å². The number of hydrogen-bond acceptors (Lipinski definition) is 3. The zero-order chi connectivity index (χ0) is 14.4. The molecule has 0 aromatic heterocycles. The number of ether oxygens (including phenoxy) is 2. The maximum Gasteiger partial charge on any atom is 0.0877 e. The van der Waals surface area contributed by atoms with Crippen LogP contribution in [0, 0.1) is 0 Å². The van der Waals surface area contributed by atoms with Crippen LogP contribution in [0.2, 0.25) is 0 Å². The topological polar surface area (TPSA) is 30.5 Å². The Morgan fingerprint density at radius 1 is 1.35 bits per heavy atom. The van der Waals surface area contributed by atoms with E-state index < -0.39 is 0 Å². The van der Waals surface area contributed by atoms with Crippen molar-refractivity contribution < 1.29 is 9.47 Å². The van der Waals surface area contributed by atoms with Gasteiger partial charge < -0.3 is 14.8 Å². The van der Waals surface area contributed by atoms with Crippen LogP contribution in [-0.4, -0.2) is 38.5 Å². The smallest absolute Gasteiger partial charge is 0.0877 e. The molecular formula is C16H24BrNO2. The van der Waals surface area contributed by atoms with Gasteiger partial charge in [0.1, 0.15) is 0 Å². The molecule has 0 saturated carbocycles. The van der Waals surface area contributed by atoms with E-state index in [1.54, 1.807) is 0 Å². The number of rotatable bonds is 6. The van der Waals surface area contributed by atoms with E-state index in [9.17, 15) is 0 Å². The number of halogens is 1. The van der Waals surface area contributed by atoms with Crippen molar-refractivity contribution in [2.45, 2.75) is 37.8 Å². The van der Waals surface area contributed by atoms with Gasteiger partial charge >= 0.3 is 0 Å². The van der Waals surface area contributed by atoms with E-state index in [-0.39, 0.29) is 5.60 Å². The molecule has 0 aliphatic carbocycles. The highest BCUT2D eigenvalue weighted by molar-refractivity contribution is 9.10. The first-order chi connectivity index (χ1) is 9.72. The lowest BCUT2D eigenvalue weighted by Crippen LogP contribution is -2.56. The Bertz CT molecular complexity index is 419. The Morgan fingerprint density at radius 3 is 2.65 bits per heavy atom. The van der Waals surface area contributed by atoms with Gasteiger partial charge in [-0.15, -0.1) is 0 Å². The molecule has 1 aromatic carbocycles. The highest BCUT2D eigenvalue weighted by atomic mass is 79.9. The first kappa shape index (κ1) is 16.0. The molecule has 112 valence electrons. The Hall–Kier alpha value is -0.420. The molecule has 0 spiro atoms. The summed E-state index contributed by atoms with van der Waals surface area (Å²) < 4.78 is 12.6. The number of benzene rings is 1. The van der Waals surface area contributed by atoms with Gasteiger partial charge in [0.25, 0.3) is 0 Å². The SMILES string of the molecule is CCNC(Cc1ccccc1Br)C1(OC)CCOCC1. The van der Waals surface area contributed by atoms with Gasteiger partial charge in [0.15, 0.2) is 0 Å². The van der Waals surface area contributed by atoms with Crippen LogP contribution < -0.4 is 5.32 Å². The lowest BCUT2D eigenvalue weighted by atomic mass is 9.82. The summed E-state index contributed by atoms with van der Waals surface area (Å²) in [4.78, 5) is 0. The Labute approximate surface area is 130 Å². The molecule has 1 unspecified atom stereocenters. The monoisotopic (exact) mass is 341 g/mol. The molecule has 4 heteroatoms. The van der Waals surface area contributed by atoms with Crippen molar-refractivity contribution in [3.05, 3.63) is 34.3 Å². The Kier molecular flexibility index (Phi) is 6.02. The molecule has 3 nitrogen and oxygen atoms in total. The minimum atomic E-state index is -0.121. The third kappa shape index (κ3) is 3.61. The van der Waals surface area contributed by atoms with Crippen molar-refractivity contribution in [2.75, 3.05) is 26.9 Å². The zero-order valence-corrected chi connectivity index (χ0v) is 13.9. The minimum absolute atomic E-state index is 0.121. The summed E-state index contributed by atoms with van der Waals surface area (Å²) >= 11 is 3.65. The third-order valence-corrected chi connectivity index (χ3v) is 4.99. The predicted octanol–water partition coefficient (Wildman–Crippen LogP) is 3.17. The van der Waals surface area contributed by atoms with Crippen LogP contribution in [0.1, 0.15) is 25.3 Å². The highest BCUT2D eigenvalue weighted by Crippen LogP contribution is 2.31. The van der Waals surface area contributed by atoms with E-state index in [1.807, 2.05) is 7.11 Å². The first-order valence-corrected chi connectivity index (χ1v) is 8.11. The molecule has 2 rings (SSSR count). The molecule has 1 fully saturated rings. The molecule has 0 radical (unpaired) electrons. The second-order valence-electron chi connectivity index (χ2n) is 5.29. The van der Waals surface area contributed by atoms with Crippen molar-refractivity contribution >= 4 is 15.9 Å². The van der Waals surface area contributed by atoms with Crippen molar-refractivity contribution in [2.24, 2.45) is 0 Å². The summed E-state index contributed by atoms with van der Waals surface area (Å²) in [6, 6.07) is 8.72. The van der Waals surface area contributed by atoms with Gasteiger partial charge in [0.2, 0.25) is 0 Å². The summed E-state index contributed by atoms with van der Waals surface area (Å²) in [7, 11) is 1.83. The normalized spacial score (nSPS) is 19.8. The van der Waals surface area contributed by atoms with E-state index in [0.29, 0.717) is 6.04 Å². The summed E-state index contributed by atoms with van der Waals surface area (Å²) in [6.07, 6.45) is 2.86. The second-order valence-corrected chi connectivity index (χ2v) is 6.14.